The van der Waals surface area contributed by atoms with Gasteiger partial charge in [0.2, 0.25) is 19.9 Å². The molecular formula is C20H17F3N2O4S2. The minimum atomic E-state index is -5.00. The van der Waals surface area contributed by atoms with Crippen LogP contribution in [0.1, 0.15) is 11.3 Å². The SMILES string of the molecule is O=S(=O)(NCCc1ccccn1)c1cc(S(=O)(=O)c2ccccc2)ccc1C(F)(F)F. The summed E-state index contributed by atoms with van der Waals surface area (Å²) in [5, 5.41) is 0. The molecule has 6 nitrogen and oxygen atoms in total. The summed E-state index contributed by atoms with van der Waals surface area (Å²) in [6.07, 6.45) is -3.35. The first kappa shape index (κ1) is 22.9. The van der Waals surface area contributed by atoms with E-state index >= 15 is 0 Å². The molecule has 1 aromatic heterocycles. The van der Waals surface area contributed by atoms with Crippen molar-refractivity contribution >= 4 is 19.9 Å². The number of sulfone groups is 1. The molecule has 0 fully saturated rings. The number of sulfonamides is 1. The van der Waals surface area contributed by atoms with Gasteiger partial charge in [-0.05, 0) is 42.5 Å². The van der Waals surface area contributed by atoms with Gasteiger partial charge in [-0.1, -0.05) is 24.3 Å². The third-order valence-corrected chi connectivity index (χ3v) is 7.58. The molecule has 2 aromatic carbocycles. The maximum atomic E-state index is 13.5. The maximum absolute atomic E-state index is 13.5. The van der Waals surface area contributed by atoms with Gasteiger partial charge in [-0.2, -0.15) is 13.2 Å². The van der Waals surface area contributed by atoms with Crippen LogP contribution in [0.4, 0.5) is 13.2 Å². The highest BCUT2D eigenvalue weighted by atomic mass is 32.2. The van der Waals surface area contributed by atoms with Crippen molar-refractivity contribution in [3.8, 4) is 0 Å². The Morgan fingerprint density at radius 2 is 1.52 bits per heavy atom. The predicted molar refractivity (Wildman–Crippen MR) is 106 cm³/mol. The summed E-state index contributed by atoms with van der Waals surface area (Å²) in [5.41, 5.74) is -0.911. The van der Waals surface area contributed by atoms with Crippen molar-refractivity contribution in [3.05, 3.63) is 84.2 Å². The van der Waals surface area contributed by atoms with Gasteiger partial charge >= 0.3 is 6.18 Å². The number of pyridine rings is 1. The molecule has 0 bridgehead atoms. The standard InChI is InChI=1S/C20H17F3N2O4S2/c21-20(22,23)18-10-9-17(30(26,27)16-7-2-1-3-8-16)14-19(18)31(28,29)25-13-11-15-6-4-5-12-24-15/h1-10,12,14,25H,11,13H2. The van der Waals surface area contributed by atoms with Crippen LogP contribution in [0.15, 0.2) is 87.6 Å². The molecule has 0 aliphatic carbocycles. The minimum absolute atomic E-state index is 0.142. The Morgan fingerprint density at radius 3 is 2.13 bits per heavy atom. The van der Waals surface area contributed by atoms with Crippen molar-refractivity contribution in [1.82, 2.24) is 9.71 Å². The Bertz CT molecular complexity index is 1260. The molecule has 0 saturated heterocycles. The summed E-state index contributed by atoms with van der Waals surface area (Å²) in [6, 6.07) is 13.8. The number of aromatic nitrogens is 1. The van der Waals surface area contributed by atoms with Gasteiger partial charge in [0.25, 0.3) is 0 Å². The predicted octanol–water partition coefficient (Wildman–Crippen LogP) is 3.45. The van der Waals surface area contributed by atoms with Crippen molar-refractivity contribution in [2.24, 2.45) is 0 Å². The summed E-state index contributed by atoms with van der Waals surface area (Å²) < 4.78 is 93.4. The summed E-state index contributed by atoms with van der Waals surface area (Å²) in [4.78, 5) is 2.14. The average molecular weight is 470 g/mol. The molecule has 1 N–H and O–H groups in total. The minimum Gasteiger partial charge on any atom is -0.261 e. The smallest absolute Gasteiger partial charge is 0.261 e. The summed E-state index contributed by atoms with van der Waals surface area (Å²) in [7, 11) is -8.89. The van der Waals surface area contributed by atoms with Crippen LogP contribution in [0.2, 0.25) is 0 Å². The molecule has 3 aromatic rings. The van der Waals surface area contributed by atoms with Crippen molar-refractivity contribution in [1.29, 1.82) is 0 Å². The molecule has 0 spiro atoms. The number of hydrogen-bond donors (Lipinski definition) is 1. The molecule has 0 radical (unpaired) electrons. The topological polar surface area (TPSA) is 93.2 Å². The number of benzene rings is 2. The van der Waals surface area contributed by atoms with Crippen LogP contribution in [0, 0.1) is 0 Å². The van der Waals surface area contributed by atoms with E-state index in [9.17, 15) is 30.0 Å². The first-order chi connectivity index (χ1) is 14.5. The quantitative estimate of drug-likeness (QED) is 0.571. The van der Waals surface area contributed by atoms with Crippen molar-refractivity contribution in [2.45, 2.75) is 27.3 Å². The molecule has 164 valence electrons. The summed E-state index contributed by atoms with van der Waals surface area (Å²) in [6.45, 7) is -0.216. The first-order valence-electron chi connectivity index (χ1n) is 8.93. The number of halogens is 3. The van der Waals surface area contributed by atoms with Gasteiger partial charge in [-0.3, -0.25) is 4.98 Å². The van der Waals surface area contributed by atoms with Crippen LogP contribution in [0.25, 0.3) is 0 Å². The van der Waals surface area contributed by atoms with E-state index in [0.29, 0.717) is 17.8 Å². The lowest BCUT2D eigenvalue weighted by atomic mass is 10.2. The summed E-state index contributed by atoms with van der Waals surface area (Å²) in [5.74, 6) is 0. The second-order valence-electron chi connectivity index (χ2n) is 6.44. The molecular weight excluding hydrogens is 453 g/mol. The number of nitrogens with zero attached hydrogens (tertiary/aromatic N) is 1. The van der Waals surface area contributed by atoms with E-state index in [-0.39, 0.29) is 17.9 Å². The van der Waals surface area contributed by atoms with E-state index in [4.69, 9.17) is 0 Å². The molecule has 0 saturated carbocycles. The maximum Gasteiger partial charge on any atom is 0.417 e. The van der Waals surface area contributed by atoms with Gasteiger partial charge in [-0.25, -0.2) is 21.6 Å². The Labute approximate surface area is 177 Å². The van der Waals surface area contributed by atoms with Crippen LogP contribution < -0.4 is 4.72 Å². The fourth-order valence-corrected chi connectivity index (χ4v) is 5.46. The van der Waals surface area contributed by atoms with Gasteiger partial charge in [0.05, 0.1) is 20.2 Å². The lowest BCUT2D eigenvalue weighted by molar-refractivity contribution is -0.139. The van der Waals surface area contributed by atoms with E-state index in [1.165, 1.54) is 30.5 Å². The molecule has 31 heavy (non-hydrogen) atoms. The average Bonchev–Trinajstić information content (AvgIpc) is 2.74. The van der Waals surface area contributed by atoms with E-state index in [1.54, 1.807) is 24.3 Å². The monoisotopic (exact) mass is 470 g/mol. The van der Waals surface area contributed by atoms with Gasteiger partial charge in [0.15, 0.2) is 0 Å². The highest BCUT2D eigenvalue weighted by Gasteiger charge is 2.38. The van der Waals surface area contributed by atoms with Crippen LogP contribution in [0.3, 0.4) is 0 Å². The largest absolute Gasteiger partial charge is 0.417 e. The Balaban J connectivity index is 1.99. The first-order valence-corrected chi connectivity index (χ1v) is 11.9. The van der Waals surface area contributed by atoms with Gasteiger partial charge in [-0.15, -0.1) is 0 Å². The molecule has 0 aliphatic rings. The number of alkyl halides is 3. The summed E-state index contributed by atoms with van der Waals surface area (Å²) >= 11 is 0. The van der Waals surface area contributed by atoms with Crippen LogP contribution in [-0.2, 0) is 32.5 Å². The van der Waals surface area contributed by atoms with Gasteiger partial charge in [0.1, 0.15) is 0 Å². The van der Waals surface area contributed by atoms with Crippen LogP contribution in [0.5, 0.6) is 0 Å². The molecule has 1 heterocycles. The highest BCUT2D eigenvalue weighted by Crippen LogP contribution is 2.36. The zero-order valence-corrected chi connectivity index (χ0v) is 17.5. The molecule has 0 atom stereocenters. The molecule has 11 heteroatoms. The fourth-order valence-electron chi connectivity index (χ4n) is 2.80. The van der Waals surface area contributed by atoms with Crippen LogP contribution >= 0.6 is 0 Å². The molecule has 0 unspecified atom stereocenters. The second-order valence-corrected chi connectivity index (χ2v) is 10.1. The highest BCUT2D eigenvalue weighted by molar-refractivity contribution is 7.91. The molecule has 0 amide bonds. The lowest BCUT2D eigenvalue weighted by Crippen LogP contribution is -2.28. The van der Waals surface area contributed by atoms with Crippen molar-refractivity contribution < 1.29 is 30.0 Å². The van der Waals surface area contributed by atoms with Crippen LogP contribution in [-0.4, -0.2) is 28.4 Å². The zero-order valence-electron chi connectivity index (χ0n) is 15.9. The normalized spacial score (nSPS) is 12.6. The number of rotatable bonds is 7. The third-order valence-electron chi connectivity index (χ3n) is 4.31. The van der Waals surface area contributed by atoms with Gasteiger partial charge < -0.3 is 0 Å². The zero-order chi connectivity index (χ0) is 22.7. The Morgan fingerprint density at radius 1 is 0.839 bits per heavy atom. The van der Waals surface area contributed by atoms with Crippen molar-refractivity contribution in [2.75, 3.05) is 6.54 Å². The number of hydrogen-bond acceptors (Lipinski definition) is 5. The van der Waals surface area contributed by atoms with E-state index in [1.807, 2.05) is 0 Å². The van der Waals surface area contributed by atoms with Gasteiger partial charge in [0, 0.05) is 24.9 Å². The van der Waals surface area contributed by atoms with Crippen molar-refractivity contribution in [3.63, 3.8) is 0 Å². The van der Waals surface area contributed by atoms with E-state index < -0.39 is 41.4 Å². The fraction of sp³-hybridized carbons (Fsp3) is 0.150. The second kappa shape index (κ2) is 8.77. The number of nitrogens with one attached hydrogen (secondary N) is 1. The molecule has 3 rings (SSSR count). The lowest BCUT2D eigenvalue weighted by Gasteiger charge is -2.15. The Kier molecular flexibility index (Phi) is 6.48. The van der Waals surface area contributed by atoms with E-state index in [2.05, 4.69) is 9.71 Å². The molecule has 0 aliphatic heterocycles. The third kappa shape index (κ3) is 5.30. The van der Waals surface area contributed by atoms with E-state index in [0.717, 1.165) is 6.07 Å². The Hall–Kier alpha value is -2.76.